The number of nitrogens with one attached hydrogen (secondary N) is 1. The molecule has 5 rings (SSSR count). The number of rotatable bonds is 6. The Morgan fingerprint density at radius 2 is 2.00 bits per heavy atom. The summed E-state index contributed by atoms with van der Waals surface area (Å²) in [7, 11) is 1.59. The molecule has 0 aliphatic carbocycles. The Morgan fingerprint density at radius 1 is 1.15 bits per heavy atom. The van der Waals surface area contributed by atoms with Crippen molar-refractivity contribution in [2.75, 3.05) is 26.0 Å². The quantitative estimate of drug-likeness (QED) is 0.439. The second-order valence-electron chi connectivity index (χ2n) is 7.53. The van der Waals surface area contributed by atoms with Crippen molar-refractivity contribution in [3.63, 3.8) is 0 Å². The molecule has 1 fully saturated rings. The van der Waals surface area contributed by atoms with Crippen LogP contribution in [0.2, 0.25) is 0 Å². The molecular formula is C24H21N5O3S2. The van der Waals surface area contributed by atoms with Gasteiger partial charge in [0.15, 0.2) is 5.69 Å². The van der Waals surface area contributed by atoms with Crippen LogP contribution in [0.4, 0.5) is 0 Å². The van der Waals surface area contributed by atoms with Crippen LogP contribution in [-0.4, -0.2) is 63.0 Å². The summed E-state index contributed by atoms with van der Waals surface area (Å²) in [5.74, 6) is 1.08. The maximum atomic E-state index is 13.5. The third-order valence-electron chi connectivity index (χ3n) is 5.53. The zero-order valence-corrected chi connectivity index (χ0v) is 19.9. The lowest BCUT2D eigenvalue weighted by atomic mass is 10.1. The molecule has 2 amide bonds. The van der Waals surface area contributed by atoms with Crippen molar-refractivity contribution in [2.45, 2.75) is 5.37 Å². The first-order chi connectivity index (χ1) is 16.7. The number of thioether (sulfide) groups is 1. The molecule has 1 aliphatic rings. The average molecular weight is 492 g/mol. The van der Waals surface area contributed by atoms with Gasteiger partial charge in [-0.1, -0.05) is 18.2 Å². The highest BCUT2D eigenvalue weighted by molar-refractivity contribution is 8.00. The largest absolute Gasteiger partial charge is 0.497 e. The monoisotopic (exact) mass is 491 g/mol. The van der Waals surface area contributed by atoms with Crippen LogP contribution in [-0.2, 0) is 0 Å². The van der Waals surface area contributed by atoms with E-state index in [0.717, 1.165) is 21.5 Å². The molecule has 3 heterocycles. The van der Waals surface area contributed by atoms with Gasteiger partial charge >= 0.3 is 0 Å². The van der Waals surface area contributed by atoms with E-state index in [2.05, 4.69) is 20.3 Å². The fourth-order valence-electron chi connectivity index (χ4n) is 3.87. The van der Waals surface area contributed by atoms with Crippen LogP contribution in [0.3, 0.4) is 0 Å². The van der Waals surface area contributed by atoms with Crippen molar-refractivity contribution in [1.82, 2.24) is 25.2 Å². The van der Waals surface area contributed by atoms with Crippen LogP contribution in [0.5, 0.6) is 5.75 Å². The number of nitrogens with zero attached hydrogens (tertiary/aromatic N) is 4. The van der Waals surface area contributed by atoms with Gasteiger partial charge in [-0.05, 0) is 24.3 Å². The maximum absolute atomic E-state index is 13.5. The lowest BCUT2D eigenvalue weighted by molar-refractivity contribution is 0.0746. The van der Waals surface area contributed by atoms with Crippen LogP contribution in [0, 0.1) is 0 Å². The number of amides is 2. The predicted molar refractivity (Wildman–Crippen MR) is 133 cm³/mol. The third kappa shape index (κ3) is 4.34. The Labute approximate surface area is 204 Å². The molecule has 0 saturated carbocycles. The number of aromatic nitrogens is 3. The summed E-state index contributed by atoms with van der Waals surface area (Å²) in [6.07, 6.45) is 3.09. The molecular weight excluding hydrogens is 470 g/mol. The molecule has 10 heteroatoms. The highest BCUT2D eigenvalue weighted by atomic mass is 32.2. The van der Waals surface area contributed by atoms with Gasteiger partial charge in [0.25, 0.3) is 11.8 Å². The Hall–Kier alpha value is -3.50. The van der Waals surface area contributed by atoms with Gasteiger partial charge in [-0.3, -0.25) is 14.6 Å². The molecule has 4 aromatic rings. The van der Waals surface area contributed by atoms with Gasteiger partial charge in [0.1, 0.15) is 11.4 Å². The number of methoxy groups -OCH3 is 1. The first-order valence-corrected chi connectivity index (χ1v) is 12.6. The summed E-state index contributed by atoms with van der Waals surface area (Å²) in [6, 6.07) is 12.9. The number of carbonyl (C=O) groups is 2. The molecule has 0 bridgehead atoms. The van der Waals surface area contributed by atoms with Crippen LogP contribution < -0.4 is 10.1 Å². The minimum atomic E-state index is -0.209. The summed E-state index contributed by atoms with van der Waals surface area (Å²) in [5, 5.41) is 2.80. The van der Waals surface area contributed by atoms with Crippen LogP contribution in [0.15, 0.2) is 60.4 Å². The second-order valence-corrected chi connectivity index (χ2v) is 9.67. The summed E-state index contributed by atoms with van der Waals surface area (Å²) in [5.41, 5.74) is 4.67. The van der Waals surface area contributed by atoms with Crippen LogP contribution in [0.25, 0.3) is 21.5 Å². The Morgan fingerprint density at radius 3 is 2.88 bits per heavy atom. The molecule has 1 saturated heterocycles. The molecule has 1 aliphatic heterocycles. The van der Waals surface area contributed by atoms with E-state index in [1.54, 1.807) is 41.5 Å². The van der Waals surface area contributed by atoms with Gasteiger partial charge in [-0.2, -0.15) is 0 Å². The Balaban J connectivity index is 1.34. The first kappa shape index (κ1) is 22.3. The van der Waals surface area contributed by atoms with Crippen molar-refractivity contribution >= 4 is 45.1 Å². The minimum Gasteiger partial charge on any atom is -0.497 e. The van der Waals surface area contributed by atoms with Gasteiger partial charge in [0.05, 0.1) is 33.8 Å². The topological polar surface area (TPSA) is 97.3 Å². The van der Waals surface area contributed by atoms with E-state index in [0.29, 0.717) is 30.1 Å². The fourth-order valence-corrected chi connectivity index (χ4v) is 5.83. The van der Waals surface area contributed by atoms with Crippen molar-refractivity contribution < 1.29 is 14.3 Å². The van der Waals surface area contributed by atoms with Crippen LogP contribution in [0.1, 0.15) is 20.8 Å². The lowest BCUT2D eigenvalue weighted by Gasteiger charge is -2.24. The van der Waals surface area contributed by atoms with Gasteiger partial charge in [-0.15, -0.1) is 23.1 Å². The first-order valence-electron chi connectivity index (χ1n) is 10.6. The molecule has 0 spiro atoms. The van der Waals surface area contributed by atoms with Crippen LogP contribution >= 0.6 is 23.1 Å². The van der Waals surface area contributed by atoms with Gasteiger partial charge in [-0.25, -0.2) is 9.97 Å². The van der Waals surface area contributed by atoms with Crippen molar-refractivity contribution in [3.05, 3.63) is 71.6 Å². The number of carbonyl (C=O) groups excluding carboxylic acids is 2. The lowest BCUT2D eigenvalue weighted by Crippen LogP contribution is -2.42. The molecule has 2 aromatic heterocycles. The Bertz CT molecular complexity index is 1360. The van der Waals surface area contributed by atoms with E-state index in [4.69, 9.17) is 4.74 Å². The molecule has 8 nitrogen and oxygen atoms in total. The number of thiazole rings is 1. The van der Waals surface area contributed by atoms with Crippen molar-refractivity contribution in [2.24, 2.45) is 0 Å². The average Bonchev–Trinajstić information content (AvgIpc) is 3.56. The number of ether oxygens (including phenoxy) is 1. The van der Waals surface area contributed by atoms with E-state index in [-0.39, 0.29) is 22.9 Å². The molecule has 172 valence electrons. The summed E-state index contributed by atoms with van der Waals surface area (Å²) >= 11 is 3.08. The fraction of sp³-hybridized carbons (Fsp3) is 0.208. The highest BCUT2D eigenvalue weighted by Crippen LogP contribution is 2.29. The normalized spacial score (nSPS) is 15.4. The molecule has 1 atom stereocenters. The van der Waals surface area contributed by atoms with E-state index in [1.807, 2.05) is 36.4 Å². The molecule has 34 heavy (non-hydrogen) atoms. The summed E-state index contributed by atoms with van der Waals surface area (Å²) < 4.78 is 6.17. The minimum absolute atomic E-state index is 0.175. The number of hydrogen-bond acceptors (Lipinski definition) is 8. The van der Waals surface area contributed by atoms with E-state index >= 15 is 0 Å². The zero-order chi connectivity index (χ0) is 23.5. The van der Waals surface area contributed by atoms with Crippen molar-refractivity contribution in [1.29, 1.82) is 0 Å². The second kappa shape index (κ2) is 9.78. The summed E-state index contributed by atoms with van der Waals surface area (Å²) in [6.45, 7) is 0.905. The van der Waals surface area contributed by atoms with Gasteiger partial charge in [0, 0.05) is 36.8 Å². The standard InChI is InChI=1S/C24H21N5O3S2/c1-32-16-5-2-4-15(12-16)20-21(26-9-8-25-20)24(31)29-10-11-33-19(29)13-27-23(30)17-6-3-7-18-22(17)34-14-28-18/h2-9,12,14,19H,10-11,13H2,1H3,(H,27,30). The van der Waals surface area contributed by atoms with E-state index < -0.39 is 0 Å². The zero-order valence-electron chi connectivity index (χ0n) is 18.3. The third-order valence-corrected chi connectivity index (χ3v) is 7.63. The van der Waals surface area contributed by atoms with Gasteiger partial charge < -0.3 is 15.0 Å². The molecule has 1 unspecified atom stereocenters. The maximum Gasteiger partial charge on any atom is 0.275 e. The number of fused-ring (bicyclic) bond motifs is 1. The molecule has 1 N–H and O–H groups in total. The number of hydrogen-bond donors (Lipinski definition) is 1. The predicted octanol–water partition coefficient (Wildman–Crippen LogP) is 3.71. The summed E-state index contributed by atoms with van der Waals surface area (Å²) in [4.78, 5) is 41.2. The molecule has 0 radical (unpaired) electrons. The SMILES string of the molecule is COc1cccc(-c2nccnc2C(=O)N2CCSC2CNC(=O)c2cccc3ncsc23)c1. The van der Waals surface area contributed by atoms with Gasteiger partial charge in [0.2, 0.25) is 0 Å². The highest BCUT2D eigenvalue weighted by Gasteiger charge is 2.33. The molecule has 2 aromatic carbocycles. The van der Waals surface area contributed by atoms with E-state index in [9.17, 15) is 9.59 Å². The van der Waals surface area contributed by atoms with Crippen molar-refractivity contribution in [3.8, 4) is 17.0 Å². The smallest absolute Gasteiger partial charge is 0.275 e. The Kier molecular flexibility index (Phi) is 6.41. The van der Waals surface area contributed by atoms with E-state index in [1.165, 1.54) is 17.5 Å². The number of benzene rings is 2.